The first kappa shape index (κ1) is 10.8. The van der Waals surface area contributed by atoms with Gasteiger partial charge in [0.1, 0.15) is 11.4 Å². The minimum absolute atomic E-state index is 0.230. The maximum Gasteiger partial charge on any atom is 0.167 e. The molecule has 3 nitrogen and oxygen atoms in total. The minimum Gasteiger partial charge on any atom is -0.508 e. The Hall–Kier alpha value is -2.29. The highest BCUT2D eigenvalue weighted by atomic mass is 16.5. The zero-order chi connectivity index (χ0) is 12.4. The van der Waals surface area contributed by atoms with E-state index in [2.05, 4.69) is 23.4 Å². The number of benzene rings is 1. The van der Waals surface area contributed by atoms with Crippen LogP contribution in [0, 0.1) is 0 Å². The van der Waals surface area contributed by atoms with Crippen LogP contribution in [-0.4, -0.2) is 10.3 Å². The van der Waals surface area contributed by atoms with Gasteiger partial charge in [-0.2, -0.15) is 0 Å². The van der Waals surface area contributed by atoms with Crippen LogP contribution < -0.4 is 0 Å². The van der Waals surface area contributed by atoms with E-state index in [9.17, 15) is 5.11 Å². The molecule has 0 amide bonds. The monoisotopic (exact) mass is 239 g/mol. The van der Waals surface area contributed by atoms with E-state index in [4.69, 9.17) is 4.52 Å². The predicted molar refractivity (Wildman–Crippen MR) is 70.0 cm³/mol. The van der Waals surface area contributed by atoms with E-state index in [0.29, 0.717) is 0 Å². The highest BCUT2D eigenvalue weighted by Crippen LogP contribution is 2.27. The van der Waals surface area contributed by atoms with E-state index in [1.54, 1.807) is 18.2 Å². The molecule has 2 aromatic rings. The van der Waals surface area contributed by atoms with Crippen molar-refractivity contribution in [2.24, 2.45) is 0 Å². The summed E-state index contributed by atoms with van der Waals surface area (Å²) < 4.78 is 5.35. The molecule has 1 aromatic heterocycles. The summed E-state index contributed by atoms with van der Waals surface area (Å²) in [6.45, 7) is 0. The second-order valence-electron chi connectivity index (χ2n) is 4.27. The molecule has 0 atom stereocenters. The van der Waals surface area contributed by atoms with Gasteiger partial charge < -0.3 is 9.63 Å². The average Bonchev–Trinajstić information content (AvgIpc) is 2.89. The van der Waals surface area contributed by atoms with Crippen molar-refractivity contribution in [3.05, 3.63) is 54.3 Å². The molecule has 0 saturated heterocycles. The van der Waals surface area contributed by atoms with E-state index in [1.165, 1.54) is 0 Å². The number of aromatic hydroxyl groups is 1. The number of aromatic nitrogens is 1. The molecule has 0 saturated carbocycles. The second-order valence-corrected chi connectivity index (χ2v) is 4.27. The topological polar surface area (TPSA) is 46.3 Å². The molecule has 3 heteroatoms. The van der Waals surface area contributed by atoms with Crippen LogP contribution >= 0.6 is 0 Å². The van der Waals surface area contributed by atoms with E-state index in [0.717, 1.165) is 35.4 Å². The zero-order valence-electron chi connectivity index (χ0n) is 9.84. The van der Waals surface area contributed by atoms with Gasteiger partial charge in [0, 0.05) is 17.2 Å². The standard InChI is InChI=1S/C15H13NO2/c17-13-8-4-7-12(9-13)14-10-15(18-16-14)11-5-2-1-3-6-11/h2,4-10,17H,1,3H2. The molecule has 3 rings (SSSR count). The third kappa shape index (κ3) is 2.07. The average molecular weight is 239 g/mol. The molecule has 0 spiro atoms. The van der Waals surface area contributed by atoms with Crippen molar-refractivity contribution >= 4 is 5.57 Å². The molecule has 0 unspecified atom stereocenters. The van der Waals surface area contributed by atoms with Gasteiger partial charge >= 0.3 is 0 Å². The maximum absolute atomic E-state index is 9.45. The highest BCUT2D eigenvalue weighted by Gasteiger charge is 2.10. The van der Waals surface area contributed by atoms with Crippen molar-refractivity contribution in [1.29, 1.82) is 0 Å². The molecular weight excluding hydrogens is 226 g/mol. The molecule has 1 heterocycles. The predicted octanol–water partition coefficient (Wildman–Crippen LogP) is 3.78. The lowest BCUT2D eigenvalue weighted by molar-refractivity contribution is 0.413. The molecule has 0 radical (unpaired) electrons. The van der Waals surface area contributed by atoms with Gasteiger partial charge in [0.25, 0.3) is 0 Å². The number of rotatable bonds is 2. The summed E-state index contributed by atoms with van der Waals surface area (Å²) in [6, 6.07) is 8.89. The third-order valence-corrected chi connectivity index (χ3v) is 2.93. The normalized spacial score (nSPS) is 14.6. The van der Waals surface area contributed by atoms with E-state index < -0.39 is 0 Å². The van der Waals surface area contributed by atoms with Crippen LogP contribution in [0.3, 0.4) is 0 Å². The van der Waals surface area contributed by atoms with Crippen LogP contribution in [0.15, 0.2) is 53.1 Å². The minimum atomic E-state index is 0.230. The van der Waals surface area contributed by atoms with Gasteiger partial charge in [-0.05, 0) is 25.0 Å². The SMILES string of the molecule is Oc1cccc(-c2cc(C3=CCCC=C3)on2)c1. The van der Waals surface area contributed by atoms with Gasteiger partial charge in [0.15, 0.2) is 5.76 Å². The number of hydrogen-bond acceptors (Lipinski definition) is 3. The number of hydrogen-bond donors (Lipinski definition) is 1. The Morgan fingerprint density at radius 1 is 1.17 bits per heavy atom. The highest BCUT2D eigenvalue weighted by molar-refractivity contribution is 5.74. The number of nitrogens with zero attached hydrogens (tertiary/aromatic N) is 1. The zero-order valence-corrected chi connectivity index (χ0v) is 9.84. The van der Waals surface area contributed by atoms with Gasteiger partial charge in [-0.1, -0.05) is 35.5 Å². The summed E-state index contributed by atoms with van der Waals surface area (Å²) in [5.41, 5.74) is 2.66. The van der Waals surface area contributed by atoms with Crippen molar-refractivity contribution in [3.8, 4) is 17.0 Å². The Balaban J connectivity index is 1.94. The summed E-state index contributed by atoms with van der Waals surface area (Å²) >= 11 is 0. The molecular formula is C15H13NO2. The Labute approximate surface area is 105 Å². The summed E-state index contributed by atoms with van der Waals surface area (Å²) in [6.07, 6.45) is 8.44. The van der Waals surface area contributed by atoms with Crippen molar-refractivity contribution < 1.29 is 9.63 Å². The Morgan fingerprint density at radius 3 is 2.89 bits per heavy atom. The lowest BCUT2D eigenvalue weighted by Gasteiger charge is -2.01. The second kappa shape index (κ2) is 4.53. The lowest BCUT2D eigenvalue weighted by Crippen LogP contribution is -1.82. The van der Waals surface area contributed by atoms with Crippen molar-refractivity contribution in [2.75, 3.05) is 0 Å². The van der Waals surface area contributed by atoms with Crippen LogP contribution in [0.5, 0.6) is 5.75 Å². The molecule has 0 fully saturated rings. The molecule has 1 aliphatic rings. The van der Waals surface area contributed by atoms with Crippen LogP contribution in [0.1, 0.15) is 18.6 Å². The third-order valence-electron chi connectivity index (χ3n) is 2.93. The van der Waals surface area contributed by atoms with Crippen LogP contribution in [0.25, 0.3) is 16.8 Å². The first-order valence-corrected chi connectivity index (χ1v) is 5.96. The Morgan fingerprint density at radius 2 is 2.11 bits per heavy atom. The fraction of sp³-hybridized carbons (Fsp3) is 0.133. The largest absolute Gasteiger partial charge is 0.508 e. The van der Waals surface area contributed by atoms with Crippen molar-refractivity contribution in [1.82, 2.24) is 5.16 Å². The Bertz CT molecular complexity index is 623. The van der Waals surface area contributed by atoms with Crippen LogP contribution in [0.4, 0.5) is 0 Å². The van der Waals surface area contributed by atoms with E-state index >= 15 is 0 Å². The number of phenolic OH excluding ortho intramolecular Hbond substituents is 1. The lowest BCUT2D eigenvalue weighted by atomic mass is 10.0. The van der Waals surface area contributed by atoms with Gasteiger partial charge in [-0.15, -0.1) is 0 Å². The smallest absolute Gasteiger partial charge is 0.167 e. The summed E-state index contributed by atoms with van der Waals surface area (Å²) in [4.78, 5) is 0. The fourth-order valence-electron chi connectivity index (χ4n) is 2.01. The molecule has 0 bridgehead atoms. The van der Waals surface area contributed by atoms with E-state index in [1.807, 2.05) is 12.1 Å². The first-order chi connectivity index (χ1) is 8.83. The van der Waals surface area contributed by atoms with Gasteiger partial charge in [0.2, 0.25) is 0 Å². The van der Waals surface area contributed by atoms with Gasteiger partial charge in [-0.3, -0.25) is 0 Å². The maximum atomic E-state index is 9.45. The number of phenols is 1. The molecule has 18 heavy (non-hydrogen) atoms. The van der Waals surface area contributed by atoms with Crippen molar-refractivity contribution in [3.63, 3.8) is 0 Å². The fourth-order valence-corrected chi connectivity index (χ4v) is 2.01. The quantitative estimate of drug-likeness (QED) is 0.867. The molecule has 1 aliphatic carbocycles. The molecule has 1 aromatic carbocycles. The van der Waals surface area contributed by atoms with Crippen LogP contribution in [0.2, 0.25) is 0 Å². The summed E-state index contributed by atoms with van der Waals surface area (Å²) in [5, 5.41) is 13.5. The molecule has 1 N–H and O–H groups in total. The van der Waals surface area contributed by atoms with Crippen LogP contribution in [-0.2, 0) is 0 Å². The van der Waals surface area contributed by atoms with E-state index in [-0.39, 0.29) is 5.75 Å². The van der Waals surface area contributed by atoms with Crippen molar-refractivity contribution in [2.45, 2.75) is 12.8 Å². The van der Waals surface area contributed by atoms with Gasteiger partial charge in [-0.25, -0.2) is 0 Å². The molecule has 0 aliphatic heterocycles. The summed E-state index contributed by atoms with van der Waals surface area (Å²) in [7, 11) is 0. The number of allylic oxidation sites excluding steroid dienone is 4. The van der Waals surface area contributed by atoms with Gasteiger partial charge in [0.05, 0.1) is 0 Å². The summed E-state index contributed by atoms with van der Waals surface area (Å²) in [5.74, 6) is 0.998. The Kier molecular flexibility index (Phi) is 2.73. The molecule has 90 valence electrons. The first-order valence-electron chi connectivity index (χ1n) is 5.96.